The smallest absolute Gasteiger partial charge is 0.305 e. The van der Waals surface area contributed by atoms with Gasteiger partial charge in [-0.3, -0.25) is 4.79 Å². The number of nitrogens with two attached hydrogens (primary N) is 1. The summed E-state index contributed by atoms with van der Waals surface area (Å²) in [6, 6.07) is 1.74. The molecule has 1 unspecified atom stereocenters. The van der Waals surface area contributed by atoms with E-state index in [9.17, 15) is 4.79 Å². The Morgan fingerprint density at radius 2 is 2.58 bits per heavy atom. The van der Waals surface area contributed by atoms with Crippen LogP contribution in [0.3, 0.4) is 0 Å². The molecule has 3 N–H and O–H groups in total. The Morgan fingerprint density at radius 3 is 3.00 bits per heavy atom. The van der Waals surface area contributed by atoms with Crippen molar-refractivity contribution in [1.82, 2.24) is 4.37 Å². The van der Waals surface area contributed by atoms with Crippen LogP contribution < -0.4 is 5.73 Å². The lowest BCUT2D eigenvalue weighted by Crippen LogP contribution is -2.35. The van der Waals surface area contributed by atoms with Gasteiger partial charge in [0.05, 0.1) is 17.7 Å². The molecule has 5 heteroatoms. The summed E-state index contributed by atoms with van der Waals surface area (Å²) in [4.78, 5) is 10.4. The molecule has 0 aliphatic carbocycles. The van der Waals surface area contributed by atoms with Crippen molar-refractivity contribution < 1.29 is 9.90 Å². The van der Waals surface area contributed by atoms with Crippen LogP contribution in [0.5, 0.6) is 0 Å². The maximum absolute atomic E-state index is 10.4. The van der Waals surface area contributed by atoms with E-state index in [-0.39, 0.29) is 6.42 Å². The lowest BCUT2D eigenvalue weighted by Gasteiger charge is -2.19. The largest absolute Gasteiger partial charge is 0.481 e. The molecule has 0 bridgehead atoms. The minimum atomic E-state index is -0.909. The van der Waals surface area contributed by atoms with Crippen LogP contribution in [0.1, 0.15) is 19.0 Å². The predicted octanol–water partition coefficient (Wildman–Crippen LogP) is 0.792. The molecule has 1 aromatic rings. The quantitative estimate of drug-likeness (QED) is 0.731. The Kier molecular flexibility index (Phi) is 2.44. The third kappa shape index (κ3) is 2.02. The van der Waals surface area contributed by atoms with Gasteiger partial charge in [0.2, 0.25) is 0 Å². The van der Waals surface area contributed by atoms with Crippen LogP contribution in [0.25, 0.3) is 0 Å². The molecule has 0 spiro atoms. The van der Waals surface area contributed by atoms with Gasteiger partial charge in [-0.1, -0.05) is 0 Å². The molecule has 0 aromatic carbocycles. The fraction of sp³-hybridized carbons (Fsp3) is 0.429. The van der Waals surface area contributed by atoms with Crippen LogP contribution in [-0.2, 0) is 10.3 Å². The third-order valence-electron chi connectivity index (χ3n) is 1.54. The van der Waals surface area contributed by atoms with E-state index < -0.39 is 11.5 Å². The third-order valence-corrected chi connectivity index (χ3v) is 2.10. The van der Waals surface area contributed by atoms with E-state index in [1.807, 2.05) is 0 Å². The fourth-order valence-corrected chi connectivity index (χ4v) is 1.55. The van der Waals surface area contributed by atoms with E-state index in [4.69, 9.17) is 10.8 Å². The standard InChI is InChI=1S/C7H10N2O2S/c1-7(8,4-6(10)11)5-2-3-12-9-5/h2-3H,4,8H2,1H3,(H,10,11). The Hall–Kier alpha value is -0.940. The van der Waals surface area contributed by atoms with Crippen LogP contribution in [-0.4, -0.2) is 15.4 Å². The highest BCUT2D eigenvalue weighted by Crippen LogP contribution is 2.20. The minimum Gasteiger partial charge on any atom is -0.481 e. The minimum absolute atomic E-state index is 0.100. The first kappa shape index (κ1) is 9.15. The number of carboxylic acid groups (broad SMARTS) is 1. The molecule has 0 amide bonds. The van der Waals surface area contributed by atoms with Gasteiger partial charge in [0.25, 0.3) is 0 Å². The molecule has 1 rings (SSSR count). The molecule has 66 valence electrons. The molecular weight excluding hydrogens is 176 g/mol. The lowest BCUT2D eigenvalue weighted by molar-refractivity contribution is -0.138. The zero-order chi connectivity index (χ0) is 9.19. The van der Waals surface area contributed by atoms with E-state index in [0.29, 0.717) is 5.69 Å². The van der Waals surface area contributed by atoms with Crippen molar-refractivity contribution in [2.75, 3.05) is 0 Å². The average molecular weight is 186 g/mol. The molecule has 0 saturated carbocycles. The van der Waals surface area contributed by atoms with Gasteiger partial charge >= 0.3 is 5.97 Å². The summed E-state index contributed by atoms with van der Waals surface area (Å²) in [6.07, 6.45) is -0.100. The average Bonchev–Trinajstić information content (AvgIpc) is 2.32. The number of aromatic nitrogens is 1. The highest BCUT2D eigenvalue weighted by molar-refractivity contribution is 7.03. The summed E-state index contributed by atoms with van der Waals surface area (Å²) >= 11 is 1.27. The Morgan fingerprint density at radius 1 is 1.92 bits per heavy atom. The second-order valence-electron chi connectivity index (χ2n) is 2.87. The summed E-state index contributed by atoms with van der Waals surface area (Å²) < 4.78 is 3.99. The normalized spacial score (nSPS) is 15.5. The second-order valence-corrected chi connectivity index (χ2v) is 3.54. The first-order chi connectivity index (χ1) is 5.52. The lowest BCUT2D eigenvalue weighted by atomic mass is 9.95. The summed E-state index contributed by atoms with van der Waals surface area (Å²) in [5.74, 6) is -0.909. The zero-order valence-electron chi connectivity index (χ0n) is 6.65. The van der Waals surface area contributed by atoms with Gasteiger partial charge < -0.3 is 10.8 Å². The van der Waals surface area contributed by atoms with Crippen molar-refractivity contribution in [2.45, 2.75) is 18.9 Å². The number of hydrogen-bond donors (Lipinski definition) is 2. The van der Waals surface area contributed by atoms with Crippen molar-refractivity contribution >= 4 is 17.5 Å². The molecule has 0 fully saturated rings. The van der Waals surface area contributed by atoms with Crippen molar-refractivity contribution in [3.05, 3.63) is 17.1 Å². The Balaban J connectivity index is 2.79. The van der Waals surface area contributed by atoms with Gasteiger partial charge in [0.1, 0.15) is 0 Å². The first-order valence-corrected chi connectivity index (χ1v) is 4.27. The van der Waals surface area contributed by atoms with Crippen molar-refractivity contribution in [3.8, 4) is 0 Å². The van der Waals surface area contributed by atoms with E-state index in [1.54, 1.807) is 18.4 Å². The molecule has 4 nitrogen and oxygen atoms in total. The Bertz CT molecular complexity index is 269. The topological polar surface area (TPSA) is 76.2 Å². The summed E-state index contributed by atoms with van der Waals surface area (Å²) in [5.41, 5.74) is 5.53. The Labute approximate surface area is 74.2 Å². The molecule has 1 aromatic heterocycles. The first-order valence-electron chi connectivity index (χ1n) is 3.44. The van der Waals surface area contributed by atoms with Gasteiger partial charge in [0, 0.05) is 5.38 Å². The maximum atomic E-state index is 10.4. The van der Waals surface area contributed by atoms with Crippen LogP contribution in [0.15, 0.2) is 11.4 Å². The summed E-state index contributed by atoms with van der Waals surface area (Å²) in [5, 5.41) is 10.3. The fourth-order valence-electron chi connectivity index (χ4n) is 0.912. The molecule has 0 aliphatic rings. The van der Waals surface area contributed by atoms with Crippen molar-refractivity contribution in [1.29, 1.82) is 0 Å². The zero-order valence-corrected chi connectivity index (χ0v) is 7.47. The van der Waals surface area contributed by atoms with Crippen LogP contribution in [0, 0.1) is 0 Å². The van der Waals surface area contributed by atoms with Crippen LogP contribution in [0.2, 0.25) is 0 Å². The number of nitrogens with zero attached hydrogens (tertiary/aromatic N) is 1. The molecule has 12 heavy (non-hydrogen) atoms. The SMILES string of the molecule is CC(N)(CC(=O)O)c1ccsn1. The second kappa shape index (κ2) is 3.20. The number of hydrogen-bond acceptors (Lipinski definition) is 4. The van der Waals surface area contributed by atoms with Gasteiger partial charge in [-0.2, -0.15) is 4.37 Å². The van der Waals surface area contributed by atoms with E-state index in [2.05, 4.69) is 4.37 Å². The van der Waals surface area contributed by atoms with Gasteiger partial charge in [-0.25, -0.2) is 0 Å². The molecule has 1 atom stereocenters. The van der Waals surface area contributed by atoms with Gasteiger partial charge in [-0.05, 0) is 24.5 Å². The molecule has 0 saturated heterocycles. The van der Waals surface area contributed by atoms with Crippen molar-refractivity contribution in [3.63, 3.8) is 0 Å². The molecule has 0 radical (unpaired) electrons. The van der Waals surface area contributed by atoms with Crippen LogP contribution in [0.4, 0.5) is 0 Å². The monoisotopic (exact) mass is 186 g/mol. The van der Waals surface area contributed by atoms with Crippen LogP contribution >= 0.6 is 11.5 Å². The van der Waals surface area contributed by atoms with Crippen molar-refractivity contribution in [2.24, 2.45) is 5.73 Å². The summed E-state index contributed by atoms with van der Waals surface area (Å²) in [6.45, 7) is 1.66. The van der Waals surface area contributed by atoms with Gasteiger partial charge in [-0.15, -0.1) is 0 Å². The van der Waals surface area contributed by atoms with E-state index in [1.165, 1.54) is 11.5 Å². The summed E-state index contributed by atoms with van der Waals surface area (Å²) in [7, 11) is 0. The molecule has 0 aliphatic heterocycles. The van der Waals surface area contributed by atoms with E-state index in [0.717, 1.165) is 0 Å². The number of rotatable bonds is 3. The highest BCUT2D eigenvalue weighted by atomic mass is 32.1. The number of carboxylic acids is 1. The number of carbonyl (C=O) groups is 1. The van der Waals surface area contributed by atoms with E-state index >= 15 is 0 Å². The maximum Gasteiger partial charge on any atom is 0.305 e. The molecular formula is C7H10N2O2S. The molecule has 1 heterocycles. The highest BCUT2D eigenvalue weighted by Gasteiger charge is 2.26. The number of aliphatic carboxylic acids is 1. The predicted molar refractivity (Wildman–Crippen MR) is 45.9 cm³/mol. The van der Waals surface area contributed by atoms with Gasteiger partial charge in [0.15, 0.2) is 0 Å².